The molecule has 2 nitrogen and oxygen atoms in total. The van der Waals surface area contributed by atoms with Crippen molar-refractivity contribution < 1.29 is 9.47 Å². The lowest BCUT2D eigenvalue weighted by Gasteiger charge is -2.18. The van der Waals surface area contributed by atoms with Gasteiger partial charge in [-0.1, -0.05) is 101 Å². The largest absolute Gasteiger partial charge is 0.489 e. The van der Waals surface area contributed by atoms with E-state index in [0.717, 1.165) is 48.3 Å². The van der Waals surface area contributed by atoms with E-state index >= 15 is 0 Å². The summed E-state index contributed by atoms with van der Waals surface area (Å²) in [6.07, 6.45) is 9.63. The van der Waals surface area contributed by atoms with Crippen molar-refractivity contribution in [3.05, 3.63) is 48.5 Å². The molecule has 0 saturated carbocycles. The second-order valence-electron chi connectivity index (χ2n) is 7.57. The molecule has 0 heterocycles. The first-order valence-corrected chi connectivity index (χ1v) is 11.1. The highest BCUT2D eigenvalue weighted by Gasteiger charge is 2.16. The van der Waals surface area contributed by atoms with Gasteiger partial charge in [0.1, 0.15) is 0 Å². The molecule has 0 bridgehead atoms. The summed E-state index contributed by atoms with van der Waals surface area (Å²) < 4.78 is 12.7. The minimum Gasteiger partial charge on any atom is -0.489 e. The summed E-state index contributed by atoms with van der Waals surface area (Å²) in [5.41, 5.74) is 0. The molecule has 0 aliphatic carbocycles. The van der Waals surface area contributed by atoms with Crippen molar-refractivity contribution in [2.45, 2.75) is 65.2 Å². The fraction of sp³-hybridized carbons (Fsp3) is 0.462. The van der Waals surface area contributed by atoms with E-state index in [-0.39, 0.29) is 0 Å². The Balaban J connectivity index is 1.93. The van der Waals surface area contributed by atoms with E-state index < -0.39 is 0 Å². The van der Waals surface area contributed by atoms with Crippen LogP contribution in [0, 0.1) is 0 Å². The molecule has 0 aromatic heterocycles. The summed E-state index contributed by atoms with van der Waals surface area (Å²) >= 11 is 0. The summed E-state index contributed by atoms with van der Waals surface area (Å²) in [6.45, 7) is 5.97. The predicted molar refractivity (Wildman–Crippen MR) is 121 cm³/mol. The molecule has 0 aliphatic rings. The van der Waals surface area contributed by atoms with Gasteiger partial charge in [0.2, 0.25) is 0 Å². The van der Waals surface area contributed by atoms with Crippen LogP contribution < -0.4 is 9.47 Å². The van der Waals surface area contributed by atoms with Gasteiger partial charge in [0.05, 0.1) is 13.2 Å². The molecular formula is C26H34O2. The maximum atomic E-state index is 6.36. The van der Waals surface area contributed by atoms with Gasteiger partial charge in [-0.2, -0.15) is 0 Å². The van der Waals surface area contributed by atoms with Crippen LogP contribution in [0.25, 0.3) is 21.5 Å². The van der Waals surface area contributed by atoms with E-state index in [1.54, 1.807) is 0 Å². The van der Waals surface area contributed by atoms with Gasteiger partial charge in [-0.15, -0.1) is 0 Å². The summed E-state index contributed by atoms with van der Waals surface area (Å²) in [5.74, 6) is 1.84. The molecule has 0 radical (unpaired) electrons. The molecule has 28 heavy (non-hydrogen) atoms. The average molecular weight is 379 g/mol. The Bertz CT molecular complexity index is 796. The third-order valence-corrected chi connectivity index (χ3v) is 5.33. The van der Waals surface area contributed by atoms with Gasteiger partial charge in [-0.25, -0.2) is 0 Å². The Kier molecular flexibility index (Phi) is 8.02. The molecule has 0 fully saturated rings. The van der Waals surface area contributed by atoms with Crippen LogP contribution >= 0.6 is 0 Å². The van der Waals surface area contributed by atoms with Crippen molar-refractivity contribution in [2.24, 2.45) is 0 Å². The fourth-order valence-electron chi connectivity index (χ4n) is 3.77. The van der Waals surface area contributed by atoms with E-state index in [2.05, 4.69) is 62.4 Å². The van der Waals surface area contributed by atoms with E-state index in [1.807, 2.05) is 0 Å². The molecular weight excluding hydrogens is 344 g/mol. The zero-order chi connectivity index (χ0) is 19.6. The monoisotopic (exact) mass is 378 g/mol. The standard InChI is InChI=1S/C26H34O2/c1-3-5-7-13-19-27-25-23-17-11-9-15-21(23)22-16-10-12-18-24(22)26(25)28-20-14-8-6-4-2/h9-12,15-18H,3-8,13-14,19-20H2,1-2H3. The lowest BCUT2D eigenvalue weighted by atomic mass is 10.00. The molecule has 0 unspecified atom stereocenters. The summed E-state index contributed by atoms with van der Waals surface area (Å²) in [4.78, 5) is 0. The van der Waals surface area contributed by atoms with E-state index in [9.17, 15) is 0 Å². The highest BCUT2D eigenvalue weighted by Crippen LogP contribution is 2.43. The quantitative estimate of drug-likeness (QED) is 0.235. The number of hydrogen-bond donors (Lipinski definition) is 0. The summed E-state index contributed by atoms with van der Waals surface area (Å²) in [5, 5.41) is 4.78. The molecule has 3 aromatic rings. The Morgan fingerprint density at radius 2 is 0.893 bits per heavy atom. The van der Waals surface area contributed by atoms with Gasteiger partial charge in [-0.3, -0.25) is 0 Å². The van der Waals surface area contributed by atoms with Crippen molar-refractivity contribution in [3.63, 3.8) is 0 Å². The number of fused-ring (bicyclic) bond motifs is 3. The van der Waals surface area contributed by atoms with E-state index in [1.165, 1.54) is 49.3 Å². The van der Waals surface area contributed by atoms with Crippen LogP contribution in [0.3, 0.4) is 0 Å². The topological polar surface area (TPSA) is 18.5 Å². The van der Waals surface area contributed by atoms with Crippen LogP contribution in [0.4, 0.5) is 0 Å². The molecule has 0 amide bonds. The van der Waals surface area contributed by atoms with Crippen LogP contribution in [0.1, 0.15) is 65.2 Å². The van der Waals surface area contributed by atoms with Gasteiger partial charge in [-0.05, 0) is 23.6 Å². The maximum absolute atomic E-state index is 6.36. The lowest BCUT2D eigenvalue weighted by Crippen LogP contribution is -2.04. The van der Waals surface area contributed by atoms with Crippen LogP contribution in [0.15, 0.2) is 48.5 Å². The summed E-state index contributed by atoms with van der Waals surface area (Å²) in [6, 6.07) is 17.1. The molecule has 150 valence electrons. The third-order valence-electron chi connectivity index (χ3n) is 5.33. The van der Waals surface area contributed by atoms with Gasteiger partial charge in [0.25, 0.3) is 0 Å². The molecule has 3 rings (SSSR count). The second-order valence-corrected chi connectivity index (χ2v) is 7.57. The highest BCUT2D eigenvalue weighted by molar-refractivity contribution is 6.13. The van der Waals surface area contributed by atoms with Gasteiger partial charge < -0.3 is 9.47 Å². The first-order chi connectivity index (χ1) is 13.9. The van der Waals surface area contributed by atoms with Crippen LogP contribution in [-0.2, 0) is 0 Å². The van der Waals surface area contributed by atoms with Crippen molar-refractivity contribution in [1.82, 2.24) is 0 Å². The minimum absolute atomic E-state index is 0.745. The zero-order valence-corrected chi connectivity index (χ0v) is 17.5. The van der Waals surface area contributed by atoms with Gasteiger partial charge in [0, 0.05) is 10.8 Å². The first-order valence-electron chi connectivity index (χ1n) is 11.1. The number of rotatable bonds is 12. The molecule has 2 heteroatoms. The second kappa shape index (κ2) is 10.9. The smallest absolute Gasteiger partial charge is 0.169 e. The number of hydrogen-bond acceptors (Lipinski definition) is 2. The molecule has 0 aliphatic heterocycles. The Hall–Kier alpha value is -2.22. The van der Waals surface area contributed by atoms with E-state index in [0.29, 0.717) is 0 Å². The van der Waals surface area contributed by atoms with Crippen LogP contribution in [0.5, 0.6) is 11.5 Å². The average Bonchev–Trinajstić information content (AvgIpc) is 2.74. The Morgan fingerprint density at radius 1 is 0.500 bits per heavy atom. The highest BCUT2D eigenvalue weighted by atomic mass is 16.5. The predicted octanol–water partition coefficient (Wildman–Crippen LogP) is 7.91. The molecule has 0 atom stereocenters. The fourth-order valence-corrected chi connectivity index (χ4v) is 3.77. The summed E-state index contributed by atoms with van der Waals surface area (Å²) in [7, 11) is 0. The van der Waals surface area contributed by atoms with Crippen molar-refractivity contribution in [1.29, 1.82) is 0 Å². The van der Waals surface area contributed by atoms with Crippen molar-refractivity contribution >= 4 is 21.5 Å². The van der Waals surface area contributed by atoms with Crippen LogP contribution in [-0.4, -0.2) is 13.2 Å². The molecule has 3 aromatic carbocycles. The van der Waals surface area contributed by atoms with E-state index in [4.69, 9.17) is 9.47 Å². The number of unbranched alkanes of at least 4 members (excludes halogenated alkanes) is 6. The molecule has 0 N–H and O–H groups in total. The maximum Gasteiger partial charge on any atom is 0.169 e. The Labute approximate surface area is 169 Å². The SMILES string of the molecule is CCCCCCOc1c(OCCCCCC)c2ccccc2c2ccccc12. The van der Waals surface area contributed by atoms with Crippen molar-refractivity contribution in [3.8, 4) is 11.5 Å². The van der Waals surface area contributed by atoms with Crippen molar-refractivity contribution in [2.75, 3.05) is 13.2 Å². The number of ether oxygens (including phenoxy) is 2. The van der Waals surface area contributed by atoms with Crippen LogP contribution in [0.2, 0.25) is 0 Å². The zero-order valence-electron chi connectivity index (χ0n) is 17.5. The third kappa shape index (κ3) is 4.98. The Morgan fingerprint density at radius 3 is 1.29 bits per heavy atom. The minimum atomic E-state index is 0.745. The van der Waals surface area contributed by atoms with Gasteiger partial charge in [0.15, 0.2) is 11.5 Å². The first kappa shape index (κ1) is 20.5. The molecule has 0 saturated heterocycles. The molecule has 0 spiro atoms. The number of benzene rings is 3. The van der Waals surface area contributed by atoms with Gasteiger partial charge >= 0.3 is 0 Å². The normalized spacial score (nSPS) is 11.2. The lowest BCUT2D eigenvalue weighted by molar-refractivity contribution is 0.264.